The van der Waals surface area contributed by atoms with E-state index in [-0.39, 0.29) is 6.04 Å². The number of carbonyl (C=O) groups is 1. The lowest BCUT2D eigenvalue weighted by atomic mass is 10.1. The molecule has 3 nitrogen and oxygen atoms in total. The third kappa shape index (κ3) is 2.21. The van der Waals surface area contributed by atoms with Gasteiger partial charge < -0.3 is 9.78 Å². The molecule has 2 N–H and O–H groups in total. The van der Waals surface area contributed by atoms with Gasteiger partial charge >= 0.3 is 0 Å². The molecule has 0 aliphatic rings. The number of H-pyrrole nitrogens is 1. The minimum Gasteiger partial charge on any atom is -0.361 e. The first-order chi connectivity index (χ1) is 7.35. The van der Waals surface area contributed by atoms with Gasteiger partial charge in [-0.3, -0.25) is 3.53 Å². The van der Waals surface area contributed by atoms with E-state index < -0.39 is 0 Å². The minimum atomic E-state index is -0.121. The van der Waals surface area contributed by atoms with Crippen molar-refractivity contribution in [1.29, 1.82) is 0 Å². The number of para-hydroxylation sites is 1. The Morgan fingerprint density at radius 2 is 2.27 bits per heavy atom. The smallest absolute Gasteiger partial charge is 0.137 e. The number of hydrogen-bond acceptors (Lipinski definition) is 2. The number of fused-ring (bicyclic) bond motifs is 1. The average Bonchev–Trinajstić information content (AvgIpc) is 2.69. The number of carbonyl (C=O) groups excluding carboxylic acids is 1. The molecule has 0 fully saturated rings. The summed E-state index contributed by atoms with van der Waals surface area (Å²) in [6.45, 7) is 0. The number of aromatic amines is 1. The molecule has 0 saturated heterocycles. The lowest BCUT2D eigenvalue weighted by molar-refractivity contribution is -0.109. The van der Waals surface area contributed by atoms with Gasteiger partial charge in [-0.1, -0.05) is 18.2 Å². The zero-order valence-electron chi connectivity index (χ0n) is 8.03. The summed E-state index contributed by atoms with van der Waals surface area (Å²) in [4.78, 5) is 13.9. The molecular formula is C11H11IN2O. The fraction of sp³-hybridized carbons (Fsp3) is 0.182. The Balaban J connectivity index is 2.32. The summed E-state index contributed by atoms with van der Waals surface area (Å²) in [5.74, 6) is 0. The second kappa shape index (κ2) is 4.76. The van der Waals surface area contributed by atoms with Crippen molar-refractivity contribution < 1.29 is 4.79 Å². The summed E-state index contributed by atoms with van der Waals surface area (Å²) in [7, 11) is 0. The van der Waals surface area contributed by atoms with Gasteiger partial charge in [0.25, 0.3) is 0 Å². The van der Waals surface area contributed by atoms with Crippen LogP contribution in [0.1, 0.15) is 5.56 Å². The number of nitrogens with one attached hydrogen (secondary N) is 2. The van der Waals surface area contributed by atoms with Gasteiger partial charge in [0.2, 0.25) is 0 Å². The topological polar surface area (TPSA) is 44.9 Å². The van der Waals surface area contributed by atoms with Crippen LogP contribution in [0.4, 0.5) is 0 Å². The molecule has 2 rings (SSSR count). The third-order valence-electron chi connectivity index (χ3n) is 2.42. The second-order valence-corrected chi connectivity index (χ2v) is 4.04. The highest BCUT2D eigenvalue weighted by atomic mass is 127. The van der Waals surface area contributed by atoms with Crippen LogP contribution in [0.15, 0.2) is 30.5 Å². The van der Waals surface area contributed by atoms with Crippen LogP contribution < -0.4 is 3.53 Å². The van der Waals surface area contributed by atoms with Crippen LogP contribution in [0.25, 0.3) is 10.9 Å². The molecule has 15 heavy (non-hydrogen) atoms. The number of aldehydes is 1. The maximum Gasteiger partial charge on any atom is 0.137 e. The van der Waals surface area contributed by atoms with E-state index in [4.69, 9.17) is 0 Å². The molecule has 1 aromatic heterocycles. The normalized spacial score (nSPS) is 12.9. The Kier molecular flexibility index (Phi) is 3.37. The molecule has 0 saturated carbocycles. The lowest BCUT2D eigenvalue weighted by Crippen LogP contribution is -2.24. The summed E-state index contributed by atoms with van der Waals surface area (Å²) in [6, 6.07) is 7.98. The van der Waals surface area contributed by atoms with Crippen LogP contribution >= 0.6 is 22.9 Å². The van der Waals surface area contributed by atoms with Crippen LogP contribution in [-0.2, 0) is 11.2 Å². The number of hydrogen-bond donors (Lipinski definition) is 2. The Morgan fingerprint density at radius 1 is 1.47 bits per heavy atom. The molecule has 78 valence electrons. The standard InChI is InChI=1S/C11H11IN2O/c12-14-9(7-15)5-8-6-13-11-4-2-1-3-10(8)11/h1-4,6-7,9,13-14H,5H2. The molecule has 0 radical (unpaired) electrons. The van der Waals surface area contributed by atoms with Crippen molar-refractivity contribution in [2.45, 2.75) is 12.5 Å². The number of rotatable bonds is 4. The Labute approximate surface area is 102 Å². The molecule has 0 bridgehead atoms. The molecule has 0 spiro atoms. The molecule has 1 aromatic carbocycles. The van der Waals surface area contributed by atoms with Gasteiger partial charge in [0.1, 0.15) is 6.29 Å². The van der Waals surface area contributed by atoms with Crippen molar-refractivity contribution in [3.63, 3.8) is 0 Å². The van der Waals surface area contributed by atoms with E-state index in [0.717, 1.165) is 18.2 Å². The van der Waals surface area contributed by atoms with Gasteiger partial charge in [0.05, 0.1) is 6.04 Å². The maximum absolute atomic E-state index is 10.7. The summed E-state index contributed by atoms with van der Waals surface area (Å²) in [5, 5.41) is 1.19. The Morgan fingerprint density at radius 3 is 3.00 bits per heavy atom. The van der Waals surface area contributed by atoms with Crippen molar-refractivity contribution in [1.82, 2.24) is 8.51 Å². The van der Waals surface area contributed by atoms with Crippen molar-refractivity contribution in [2.24, 2.45) is 0 Å². The van der Waals surface area contributed by atoms with Crippen molar-refractivity contribution in [2.75, 3.05) is 0 Å². The first kappa shape index (κ1) is 10.6. The Hall–Kier alpha value is -0.880. The summed E-state index contributed by atoms with van der Waals surface area (Å²) in [5.41, 5.74) is 2.29. The molecule has 1 unspecified atom stereocenters. The van der Waals surface area contributed by atoms with Gasteiger partial charge in [-0.05, 0) is 18.1 Å². The van der Waals surface area contributed by atoms with Gasteiger partial charge in [-0.2, -0.15) is 0 Å². The number of aromatic nitrogens is 1. The fourth-order valence-electron chi connectivity index (χ4n) is 1.65. The van der Waals surface area contributed by atoms with E-state index in [1.165, 1.54) is 10.9 Å². The van der Waals surface area contributed by atoms with E-state index in [0.29, 0.717) is 0 Å². The SMILES string of the molecule is O=CC(Cc1c[nH]c2ccccc12)NI. The van der Waals surface area contributed by atoms with Crippen molar-refractivity contribution in [3.05, 3.63) is 36.0 Å². The van der Waals surface area contributed by atoms with Gasteiger partial charge in [0.15, 0.2) is 0 Å². The van der Waals surface area contributed by atoms with Crippen LogP contribution in [0, 0.1) is 0 Å². The second-order valence-electron chi connectivity index (χ2n) is 3.42. The third-order valence-corrected chi connectivity index (χ3v) is 3.22. The van der Waals surface area contributed by atoms with Crippen LogP contribution in [-0.4, -0.2) is 17.3 Å². The molecule has 0 aliphatic carbocycles. The highest BCUT2D eigenvalue weighted by Crippen LogP contribution is 2.18. The molecule has 1 heterocycles. The van der Waals surface area contributed by atoms with E-state index in [9.17, 15) is 4.79 Å². The molecule has 4 heteroatoms. The number of halogens is 1. The first-order valence-electron chi connectivity index (χ1n) is 4.71. The van der Waals surface area contributed by atoms with Gasteiger partial charge in [-0.25, -0.2) is 0 Å². The minimum absolute atomic E-state index is 0.121. The van der Waals surface area contributed by atoms with Crippen LogP contribution in [0.3, 0.4) is 0 Å². The quantitative estimate of drug-likeness (QED) is 0.516. The molecule has 2 aromatic rings. The van der Waals surface area contributed by atoms with E-state index in [2.05, 4.69) is 14.6 Å². The predicted octanol–water partition coefficient (Wildman–Crippen LogP) is 2.22. The van der Waals surface area contributed by atoms with E-state index in [1.54, 1.807) is 0 Å². The summed E-state index contributed by atoms with van der Waals surface area (Å²) < 4.78 is 2.94. The molecule has 0 amide bonds. The summed E-state index contributed by atoms with van der Waals surface area (Å²) >= 11 is 2.01. The zero-order chi connectivity index (χ0) is 10.7. The Bertz CT molecular complexity index is 466. The molecule has 0 aliphatic heterocycles. The van der Waals surface area contributed by atoms with Gasteiger partial charge in [-0.15, -0.1) is 0 Å². The van der Waals surface area contributed by atoms with Crippen LogP contribution in [0.5, 0.6) is 0 Å². The average molecular weight is 314 g/mol. The largest absolute Gasteiger partial charge is 0.361 e. The molecule has 1 atom stereocenters. The number of benzene rings is 1. The van der Waals surface area contributed by atoms with Crippen molar-refractivity contribution >= 4 is 40.1 Å². The monoisotopic (exact) mass is 314 g/mol. The van der Waals surface area contributed by atoms with Crippen molar-refractivity contribution in [3.8, 4) is 0 Å². The lowest BCUT2D eigenvalue weighted by Gasteiger charge is -2.05. The molecular weight excluding hydrogens is 303 g/mol. The van der Waals surface area contributed by atoms with E-state index in [1.807, 2.05) is 47.3 Å². The fourth-order valence-corrected chi connectivity index (χ4v) is 2.02. The summed E-state index contributed by atoms with van der Waals surface area (Å²) in [6.07, 6.45) is 3.62. The maximum atomic E-state index is 10.7. The first-order valence-corrected chi connectivity index (χ1v) is 5.79. The highest BCUT2D eigenvalue weighted by molar-refractivity contribution is 14.1. The predicted molar refractivity (Wildman–Crippen MR) is 69.0 cm³/mol. The zero-order valence-corrected chi connectivity index (χ0v) is 10.2. The highest BCUT2D eigenvalue weighted by Gasteiger charge is 2.09. The van der Waals surface area contributed by atoms with E-state index >= 15 is 0 Å². The van der Waals surface area contributed by atoms with Gasteiger partial charge in [0, 0.05) is 40.0 Å². The van der Waals surface area contributed by atoms with Crippen LogP contribution in [0.2, 0.25) is 0 Å².